The molecule has 1 saturated carbocycles. The van der Waals surface area contributed by atoms with Gasteiger partial charge in [0.25, 0.3) is 0 Å². The van der Waals surface area contributed by atoms with Gasteiger partial charge in [0.05, 0.1) is 12.5 Å². The molecule has 1 amide bonds. The average Bonchev–Trinajstić information content (AvgIpc) is 3.09. The van der Waals surface area contributed by atoms with Crippen LogP contribution in [-0.4, -0.2) is 36.9 Å². The molecule has 0 radical (unpaired) electrons. The fraction of sp³-hybridized carbons (Fsp3) is 0.611. The number of carbonyl (C=O) groups excluding carboxylic acids is 1. The fourth-order valence-electron chi connectivity index (χ4n) is 3.92. The monoisotopic (exact) mass is 359 g/mol. The summed E-state index contributed by atoms with van der Waals surface area (Å²) < 4.78 is 60.4. The smallest absolute Gasteiger partial charge is 0.248 e. The van der Waals surface area contributed by atoms with Gasteiger partial charge in [-0.3, -0.25) is 4.79 Å². The van der Waals surface area contributed by atoms with E-state index in [0.29, 0.717) is 13.1 Å². The molecule has 1 aliphatic heterocycles. The van der Waals surface area contributed by atoms with Crippen LogP contribution in [0, 0.1) is 11.6 Å². The molecule has 7 heteroatoms. The number of halogens is 4. The third-order valence-corrected chi connectivity index (χ3v) is 5.39. The van der Waals surface area contributed by atoms with Gasteiger partial charge in [0, 0.05) is 25.9 Å². The molecule has 0 bridgehead atoms. The number of amides is 1. The topological polar surface area (TPSA) is 29.5 Å². The van der Waals surface area contributed by atoms with Crippen LogP contribution >= 0.6 is 0 Å². The van der Waals surface area contributed by atoms with Crippen LogP contribution < -0.4 is 4.74 Å². The van der Waals surface area contributed by atoms with Crippen molar-refractivity contribution in [2.45, 2.75) is 49.9 Å². The minimum absolute atomic E-state index is 0.121. The Morgan fingerprint density at radius 3 is 2.04 bits per heavy atom. The largest absolute Gasteiger partial charge is 0.491 e. The van der Waals surface area contributed by atoms with E-state index in [1.165, 1.54) is 0 Å². The molecule has 1 heterocycles. The van der Waals surface area contributed by atoms with Crippen LogP contribution in [0.5, 0.6) is 5.75 Å². The lowest BCUT2D eigenvalue weighted by molar-refractivity contribution is -0.141. The summed E-state index contributed by atoms with van der Waals surface area (Å²) >= 11 is 0. The van der Waals surface area contributed by atoms with Gasteiger partial charge in [0.1, 0.15) is 0 Å². The molecule has 3 nitrogen and oxygen atoms in total. The van der Waals surface area contributed by atoms with Crippen LogP contribution in [-0.2, 0) is 10.2 Å². The highest BCUT2D eigenvalue weighted by molar-refractivity contribution is 5.88. The van der Waals surface area contributed by atoms with Gasteiger partial charge in [-0.2, -0.15) is 0 Å². The molecule has 1 aromatic carbocycles. The minimum atomic E-state index is -2.85. The van der Waals surface area contributed by atoms with Gasteiger partial charge >= 0.3 is 0 Å². The zero-order valence-corrected chi connectivity index (χ0v) is 14.1. The van der Waals surface area contributed by atoms with Crippen molar-refractivity contribution < 1.29 is 27.1 Å². The van der Waals surface area contributed by atoms with Crippen LogP contribution in [0.15, 0.2) is 12.1 Å². The summed E-state index contributed by atoms with van der Waals surface area (Å²) in [6.07, 6.45) is 0.511. The Morgan fingerprint density at radius 2 is 1.56 bits per heavy atom. The third-order valence-electron chi connectivity index (χ3n) is 5.39. The van der Waals surface area contributed by atoms with Crippen LogP contribution in [0.4, 0.5) is 17.6 Å². The van der Waals surface area contributed by atoms with E-state index >= 15 is 0 Å². The van der Waals surface area contributed by atoms with Crippen LogP contribution in [0.3, 0.4) is 0 Å². The number of ether oxygens (including phenoxy) is 1. The zero-order chi connectivity index (χ0) is 18.2. The Kier molecular flexibility index (Phi) is 4.68. The number of alkyl halides is 2. The molecular weight excluding hydrogens is 338 g/mol. The highest BCUT2D eigenvalue weighted by Gasteiger charge is 2.50. The molecule has 0 aromatic heterocycles. The molecule has 138 valence electrons. The second kappa shape index (κ2) is 6.50. The van der Waals surface area contributed by atoms with Crippen LogP contribution in [0.25, 0.3) is 0 Å². The number of carbonyl (C=O) groups is 1. The van der Waals surface area contributed by atoms with Gasteiger partial charge in [0.2, 0.25) is 11.8 Å². The van der Waals surface area contributed by atoms with Gasteiger partial charge in [0.15, 0.2) is 17.4 Å². The Labute approximate surface area is 143 Å². The molecule has 0 N–H and O–H groups in total. The Balaban J connectivity index is 2.04. The molecule has 2 fully saturated rings. The van der Waals surface area contributed by atoms with E-state index in [0.717, 1.165) is 32.1 Å². The number of methoxy groups -OCH3 is 1. The Morgan fingerprint density at radius 1 is 1.04 bits per heavy atom. The maximum Gasteiger partial charge on any atom is 0.248 e. The van der Waals surface area contributed by atoms with Crippen molar-refractivity contribution in [2.24, 2.45) is 0 Å². The van der Waals surface area contributed by atoms with E-state index in [2.05, 4.69) is 4.74 Å². The summed E-state index contributed by atoms with van der Waals surface area (Å²) in [5, 5.41) is 0. The summed E-state index contributed by atoms with van der Waals surface area (Å²) in [5.74, 6) is -5.54. The summed E-state index contributed by atoms with van der Waals surface area (Å²) in [6, 6.07) is 2.11. The molecule has 0 atom stereocenters. The van der Waals surface area contributed by atoms with Gasteiger partial charge < -0.3 is 9.64 Å². The molecule has 1 aromatic rings. The normalized spacial score (nSPS) is 22.0. The number of nitrogens with zero attached hydrogens (tertiary/aromatic N) is 1. The molecule has 0 spiro atoms. The quantitative estimate of drug-likeness (QED) is 0.763. The lowest BCUT2D eigenvalue weighted by atomic mass is 9.67. The SMILES string of the molecule is COc1c(F)cc(C2(C(=O)N3CCCC3)CCC(F)(F)CC2)cc1F. The zero-order valence-electron chi connectivity index (χ0n) is 14.1. The van der Waals surface area contributed by atoms with E-state index in [1.54, 1.807) is 4.90 Å². The van der Waals surface area contributed by atoms with Crippen molar-refractivity contribution in [3.05, 3.63) is 29.3 Å². The number of rotatable bonds is 3. The van der Waals surface area contributed by atoms with Gasteiger partial charge in [-0.1, -0.05) is 0 Å². The van der Waals surface area contributed by atoms with Crippen molar-refractivity contribution in [1.29, 1.82) is 0 Å². The highest BCUT2D eigenvalue weighted by Crippen LogP contribution is 2.47. The standard InChI is InChI=1S/C18H21F4NO2/c1-25-15-13(19)10-12(11-14(15)20)17(4-6-18(21,22)7-5-17)16(24)23-8-2-3-9-23/h10-11H,2-9H2,1H3. The molecule has 1 aliphatic carbocycles. The van der Waals surface area contributed by atoms with Gasteiger partial charge in [-0.25, -0.2) is 17.6 Å². The minimum Gasteiger partial charge on any atom is -0.491 e. The first-order valence-corrected chi connectivity index (χ1v) is 8.50. The van der Waals surface area contributed by atoms with Gasteiger partial charge in [-0.15, -0.1) is 0 Å². The third kappa shape index (κ3) is 3.20. The summed E-state index contributed by atoms with van der Waals surface area (Å²) in [7, 11) is 1.15. The van der Waals surface area contributed by atoms with E-state index in [9.17, 15) is 22.4 Å². The van der Waals surface area contributed by atoms with E-state index in [-0.39, 0.29) is 24.3 Å². The first-order valence-electron chi connectivity index (χ1n) is 8.50. The summed E-state index contributed by atoms with van der Waals surface area (Å²) in [6.45, 7) is 1.11. The number of hydrogen-bond donors (Lipinski definition) is 0. The molecular formula is C18H21F4NO2. The second-order valence-corrected chi connectivity index (χ2v) is 6.91. The van der Waals surface area contributed by atoms with Crippen molar-refractivity contribution in [1.82, 2.24) is 4.90 Å². The predicted molar refractivity (Wildman–Crippen MR) is 83.8 cm³/mol. The Bertz CT molecular complexity index is 638. The van der Waals surface area contributed by atoms with Crippen molar-refractivity contribution in [2.75, 3.05) is 20.2 Å². The number of hydrogen-bond acceptors (Lipinski definition) is 2. The van der Waals surface area contributed by atoms with Gasteiger partial charge in [-0.05, 0) is 43.4 Å². The fourth-order valence-corrected chi connectivity index (χ4v) is 3.92. The molecule has 0 unspecified atom stereocenters. The van der Waals surface area contributed by atoms with Crippen molar-refractivity contribution in [3.8, 4) is 5.75 Å². The summed E-state index contributed by atoms with van der Waals surface area (Å²) in [4.78, 5) is 14.7. The first kappa shape index (κ1) is 18.0. The highest BCUT2D eigenvalue weighted by atomic mass is 19.3. The molecule has 25 heavy (non-hydrogen) atoms. The van der Waals surface area contributed by atoms with Crippen molar-refractivity contribution in [3.63, 3.8) is 0 Å². The average molecular weight is 359 g/mol. The lowest BCUT2D eigenvalue weighted by Gasteiger charge is -2.41. The summed E-state index contributed by atoms with van der Waals surface area (Å²) in [5.41, 5.74) is -1.18. The van der Waals surface area contributed by atoms with Crippen molar-refractivity contribution >= 4 is 5.91 Å². The maximum atomic E-state index is 14.2. The first-order chi connectivity index (χ1) is 11.8. The molecule has 1 saturated heterocycles. The number of likely N-dealkylation sites (tertiary alicyclic amines) is 1. The predicted octanol–water partition coefficient (Wildman–Crippen LogP) is 4.04. The van der Waals surface area contributed by atoms with Crippen LogP contribution in [0.1, 0.15) is 44.1 Å². The van der Waals surface area contributed by atoms with E-state index in [1.807, 2.05) is 0 Å². The Hall–Kier alpha value is -1.79. The number of benzene rings is 1. The van der Waals surface area contributed by atoms with E-state index < -0.39 is 41.6 Å². The molecule has 2 aliphatic rings. The molecule has 3 rings (SSSR count). The van der Waals surface area contributed by atoms with E-state index in [4.69, 9.17) is 0 Å². The lowest BCUT2D eigenvalue weighted by Crippen LogP contribution is -2.49. The second-order valence-electron chi connectivity index (χ2n) is 6.91. The maximum absolute atomic E-state index is 14.2. The van der Waals surface area contributed by atoms with Crippen LogP contribution in [0.2, 0.25) is 0 Å².